The molecule has 4 aliphatic rings. The summed E-state index contributed by atoms with van der Waals surface area (Å²) in [4.78, 5) is 0. The maximum Gasteiger partial charge on any atom is -1.00 e. The van der Waals surface area contributed by atoms with Gasteiger partial charge in [0.1, 0.15) is 0 Å². The third-order valence-electron chi connectivity index (χ3n) is 8.65. The smallest absolute Gasteiger partial charge is 1.00 e. The van der Waals surface area contributed by atoms with Gasteiger partial charge in [-0.05, 0) is 0 Å². The van der Waals surface area contributed by atoms with Crippen molar-refractivity contribution < 1.29 is 66.0 Å². The first kappa shape index (κ1) is 40.7. The van der Waals surface area contributed by atoms with Gasteiger partial charge >= 0.3 is 268 Å². The maximum atomic E-state index is 2.63. The molecule has 0 bridgehead atoms. The van der Waals surface area contributed by atoms with Crippen LogP contribution < -0.4 is 24.8 Å². The fraction of sp³-hybridized carbons (Fsp3) is 0.556. The summed E-state index contributed by atoms with van der Waals surface area (Å²) in [5, 5.41) is 0. The van der Waals surface area contributed by atoms with Gasteiger partial charge in [0.25, 0.3) is 0 Å². The molecular formula is C36H58Cl2Hf2Si2. The van der Waals surface area contributed by atoms with Crippen LogP contribution in [-0.4, -0.2) is 12.0 Å². The summed E-state index contributed by atoms with van der Waals surface area (Å²) in [6, 6.07) is 0. The molecule has 232 valence electrons. The zero-order valence-electron chi connectivity index (χ0n) is 28.0. The molecule has 0 aromatic heterocycles. The van der Waals surface area contributed by atoms with Gasteiger partial charge in [-0.2, -0.15) is 0 Å². The SMILES string of the molecule is CCCC1=[C]([Hf+]([C]2=C(CCC)C=CC2)[SiH](C)C)CC=C1.CCCC1=[C]([Hf+]([C]2=C(CCC)C=CC2)[SiH](C)C)CC=C1.[Cl-].[Cl-]. The van der Waals surface area contributed by atoms with Crippen molar-refractivity contribution >= 4 is 12.0 Å². The first-order valence-corrected chi connectivity index (χ1v) is 42.1. The molecule has 0 saturated heterocycles. The van der Waals surface area contributed by atoms with Crippen LogP contribution in [0, 0.1) is 0 Å². The minimum Gasteiger partial charge on any atom is -1.00 e. The summed E-state index contributed by atoms with van der Waals surface area (Å²) in [6.45, 7) is 19.8. The summed E-state index contributed by atoms with van der Waals surface area (Å²) < 4.78 is 7.97. The van der Waals surface area contributed by atoms with E-state index in [0.29, 0.717) is 0 Å². The van der Waals surface area contributed by atoms with Crippen LogP contribution in [0.15, 0.2) is 84.2 Å². The zero-order valence-corrected chi connectivity index (χ0v) is 39.0. The van der Waals surface area contributed by atoms with Crippen LogP contribution in [0.25, 0.3) is 0 Å². The fourth-order valence-corrected chi connectivity index (χ4v) is 65.3. The van der Waals surface area contributed by atoms with E-state index in [0.717, 1.165) is 0 Å². The van der Waals surface area contributed by atoms with E-state index in [-0.39, 0.29) is 24.8 Å². The molecule has 0 nitrogen and oxygen atoms in total. The second-order valence-electron chi connectivity index (χ2n) is 12.6. The van der Waals surface area contributed by atoms with Gasteiger partial charge in [0.05, 0.1) is 0 Å². The zero-order chi connectivity index (χ0) is 29.1. The summed E-state index contributed by atoms with van der Waals surface area (Å²) in [6.07, 6.45) is 35.4. The summed E-state index contributed by atoms with van der Waals surface area (Å²) in [7, 11) is 0. The molecule has 0 amide bonds. The molecule has 4 aliphatic carbocycles. The van der Waals surface area contributed by atoms with Gasteiger partial charge in [0.2, 0.25) is 0 Å². The summed E-state index contributed by atoms with van der Waals surface area (Å²) >= 11 is -3.37. The van der Waals surface area contributed by atoms with Crippen LogP contribution in [0.4, 0.5) is 0 Å². The second kappa shape index (κ2) is 21.5. The van der Waals surface area contributed by atoms with E-state index in [1.165, 1.54) is 77.0 Å². The van der Waals surface area contributed by atoms with Crippen molar-refractivity contribution in [2.45, 2.75) is 131 Å². The Kier molecular flexibility index (Phi) is 20.8. The van der Waals surface area contributed by atoms with Crippen molar-refractivity contribution in [3.05, 3.63) is 84.2 Å². The molecule has 0 aromatic carbocycles. The number of hydrogen-bond donors (Lipinski definition) is 0. The van der Waals surface area contributed by atoms with E-state index in [9.17, 15) is 0 Å². The van der Waals surface area contributed by atoms with Crippen LogP contribution in [0.2, 0.25) is 26.2 Å². The molecule has 0 spiro atoms. The maximum absolute atomic E-state index is 2.63. The Labute approximate surface area is 290 Å². The van der Waals surface area contributed by atoms with Gasteiger partial charge in [-0.3, -0.25) is 0 Å². The fourth-order valence-electron chi connectivity index (χ4n) is 7.11. The van der Waals surface area contributed by atoms with Crippen LogP contribution in [0.5, 0.6) is 0 Å². The van der Waals surface area contributed by atoms with Crippen molar-refractivity contribution in [1.82, 2.24) is 0 Å². The minimum absolute atomic E-state index is 0. The Morgan fingerprint density at radius 3 is 0.833 bits per heavy atom. The van der Waals surface area contributed by atoms with Gasteiger partial charge < -0.3 is 24.8 Å². The predicted octanol–water partition coefficient (Wildman–Crippen LogP) is 5.24. The number of halogens is 2. The van der Waals surface area contributed by atoms with E-state index in [1.807, 2.05) is 13.3 Å². The molecule has 0 atom stereocenters. The molecule has 42 heavy (non-hydrogen) atoms. The monoisotopic (exact) mass is 976 g/mol. The Balaban J connectivity index is 0.000000401. The Bertz CT molecular complexity index is 951. The third-order valence-corrected chi connectivity index (χ3v) is 64.1. The van der Waals surface area contributed by atoms with Crippen molar-refractivity contribution in [2.75, 3.05) is 0 Å². The third kappa shape index (κ3) is 10.9. The van der Waals surface area contributed by atoms with Crippen LogP contribution in [0.1, 0.15) is 105 Å². The van der Waals surface area contributed by atoms with Gasteiger partial charge in [-0.1, -0.05) is 0 Å². The van der Waals surface area contributed by atoms with Crippen molar-refractivity contribution in [3.8, 4) is 0 Å². The Hall–Kier alpha value is 0.674. The minimum atomic E-state index is -1.69. The normalized spacial score (nSPS) is 17.2. The standard InChI is InChI=1S/4C8H11.2C2H7Si.2ClH.2Hf/c4*1-2-5-8-6-3-4-7-8;2*1-3-2;;;;/h4*3,6H,2,4-5H2,1H3;2*3H,1-2H3;2*1H;;/q;;;;;;;;2*+1/p-2. The van der Waals surface area contributed by atoms with Crippen molar-refractivity contribution in [3.63, 3.8) is 0 Å². The quantitative estimate of drug-likeness (QED) is 0.209. The average molecular weight is 975 g/mol. The van der Waals surface area contributed by atoms with Crippen LogP contribution >= 0.6 is 0 Å². The molecule has 6 heteroatoms. The second-order valence-corrected chi connectivity index (χ2v) is 66.2. The van der Waals surface area contributed by atoms with Gasteiger partial charge in [-0.15, -0.1) is 0 Å². The average Bonchev–Trinajstić information content (AvgIpc) is 3.73. The molecule has 0 fully saturated rings. The Morgan fingerprint density at radius 1 is 0.452 bits per heavy atom. The van der Waals surface area contributed by atoms with Gasteiger partial charge in [0, 0.05) is 0 Å². The molecular weight excluding hydrogens is 916 g/mol. The topological polar surface area (TPSA) is 0 Å². The molecule has 0 heterocycles. The van der Waals surface area contributed by atoms with E-state index in [1.54, 1.807) is 22.3 Å². The number of hydrogen-bond acceptors (Lipinski definition) is 0. The van der Waals surface area contributed by atoms with E-state index >= 15 is 0 Å². The van der Waals surface area contributed by atoms with Crippen LogP contribution in [-0.2, 0) is 41.2 Å². The van der Waals surface area contributed by atoms with E-state index in [4.69, 9.17) is 0 Å². The van der Waals surface area contributed by atoms with Gasteiger partial charge in [-0.25, -0.2) is 0 Å². The molecule has 0 saturated carbocycles. The molecule has 4 rings (SSSR count). The molecule has 0 unspecified atom stereocenters. The molecule has 0 aliphatic heterocycles. The summed E-state index contributed by atoms with van der Waals surface area (Å²) in [5.74, 6) is -1.00. The molecule has 0 radical (unpaired) electrons. The van der Waals surface area contributed by atoms with E-state index < -0.39 is 53.2 Å². The van der Waals surface area contributed by atoms with Crippen molar-refractivity contribution in [1.29, 1.82) is 0 Å². The van der Waals surface area contributed by atoms with Crippen LogP contribution in [0.3, 0.4) is 0 Å². The molecule has 0 N–H and O–H groups in total. The largest absolute Gasteiger partial charge is 1.00 e. The van der Waals surface area contributed by atoms with Gasteiger partial charge in [0.15, 0.2) is 0 Å². The predicted molar refractivity (Wildman–Crippen MR) is 181 cm³/mol. The van der Waals surface area contributed by atoms with Crippen molar-refractivity contribution in [2.24, 2.45) is 0 Å². The first-order valence-electron chi connectivity index (χ1n) is 16.7. The molecule has 0 aromatic rings. The number of rotatable bonds is 14. The summed E-state index contributed by atoms with van der Waals surface area (Å²) in [5.41, 5.74) is 7.02. The number of allylic oxidation sites excluding steroid dienone is 16. The first-order chi connectivity index (χ1) is 19.4. The van der Waals surface area contributed by atoms with E-state index in [2.05, 4.69) is 102 Å². The Morgan fingerprint density at radius 2 is 0.667 bits per heavy atom.